The zero-order valence-electron chi connectivity index (χ0n) is 16.9. The number of likely N-dealkylation sites (N-methyl/N-ethyl adjacent to an activating group) is 1. The lowest BCUT2D eigenvalue weighted by Gasteiger charge is -2.30. The Labute approximate surface area is 154 Å². The van der Waals surface area contributed by atoms with Crippen LogP contribution in [0, 0.1) is 5.92 Å². The molecule has 3 heteroatoms. The average molecular weight is 352 g/mol. The minimum absolute atomic E-state index is 0.116. The van der Waals surface area contributed by atoms with Crippen molar-refractivity contribution in [2.24, 2.45) is 5.92 Å². The van der Waals surface area contributed by atoms with Crippen molar-refractivity contribution in [3.8, 4) is 0 Å². The Morgan fingerprint density at radius 3 is 2.60 bits per heavy atom. The van der Waals surface area contributed by atoms with E-state index in [4.69, 9.17) is 4.74 Å². The minimum atomic E-state index is -0.116. The van der Waals surface area contributed by atoms with Crippen LogP contribution in [0.2, 0.25) is 0 Å². The van der Waals surface area contributed by atoms with Gasteiger partial charge in [0.2, 0.25) is 0 Å². The van der Waals surface area contributed by atoms with Crippen LogP contribution in [-0.2, 0) is 4.74 Å². The summed E-state index contributed by atoms with van der Waals surface area (Å²) in [5.74, 6) is 0.628. The van der Waals surface area contributed by atoms with Gasteiger partial charge in [0.15, 0.2) is 0 Å². The fourth-order valence-electron chi connectivity index (χ4n) is 3.40. The first-order chi connectivity index (χ1) is 12.0. The Morgan fingerprint density at radius 1 is 1.16 bits per heavy atom. The molecule has 0 heterocycles. The van der Waals surface area contributed by atoms with Crippen LogP contribution < -0.4 is 0 Å². The Hall–Kier alpha value is -0.930. The molecule has 0 aromatic carbocycles. The second-order valence-corrected chi connectivity index (χ2v) is 7.46. The lowest BCUT2D eigenvalue weighted by atomic mass is 9.91. The molecule has 0 radical (unpaired) electrons. The molecule has 0 aliphatic heterocycles. The maximum atomic E-state index is 13.3. The van der Waals surface area contributed by atoms with Crippen LogP contribution in [0.5, 0.6) is 0 Å². The van der Waals surface area contributed by atoms with Crippen LogP contribution in [-0.4, -0.2) is 37.7 Å². The predicted molar refractivity (Wildman–Crippen MR) is 106 cm³/mol. The molecule has 0 saturated heterocycles. The molecule has 0 aromatic heterocycles. The zero-order valence-corrected chi connectivity index (χ0v) is 16.9. The standard InChI is InChI=1S/C22H38FNO/c1-6-24(4)22(20-11-8-13-21(23)14-9-12-20)15-7-10-18(2)16-17-19(3)25-5/h8,12-14,18-19,22H,6-7,9-11,15-17H2,1-5H3/b13-8-,20-12?,21-14+/t18-,19?,22?/m0/s1. The molecule has 0 fully saturated rings. The van der Waals surface area contributed by atoms with Crippen LogP contribution >= 0.6 is 0 Å². The van der Waals surface area contributed by atoms with Crippen molar-refractivity contribution in [1.82, 2.24) is 4.90 Å². The van der Waals surface area contributed by atoms with Crippen LogP contribution in [0.3, 0.4) is 0 Å². The molecule has 1 rings (SSSR count). The second-order valence-electron chi connectivity index (χ2n) is 7.46. The summed E-state index contributed by atoms with van der Waals surface area (Å²) < 4.78 is 18.7. The van der Waals surface area contributed by atoms with E-state index in [2.05, 4.69) is 38.8 Å². The van der Waals surface area contributed by atoms with E-state index in [0.717, 1.165) is 25.3 Å². The summed E-state index contributed by atoms with van der Waals surface area (Å²) in [5, 5.41) is 0. The average Bonchev–Trinajstić information content (AvgIpc) is 2.59. The largest absolute Gasteiger partial charge is 0.382 e. The van der Waals surface area contributed by atoms with Gasteiger partial charge in [-0.2, -0.15) is 0 Å². The smallest absolute Gasteiger partial charge is 0.119 e. The Bertz CT molecular complexity index is 455. The van der Waals surface area contributed by atoms with Gasteiger partial charge < -0.3 is 4.74 Å². The quantitative estimate of drug-likeness (QED) is 0.420. The zero-order chi connectivity index (χ0) is 18.7. The first-order valence-electron chi connectivity index (χ1n) is 9.92. The van der Waals surface area contributed by atoms with E-state index < -0.39 is 0 Å². The molecule has 0 N–H and O–H groups in total. The van der Waals surface area contributed by atoms with E-state index in [-0.39, 0.29) is 5.83 Å². The topological polar surface area (TPSA) is 12.5 Å². The number of ether oxygens (including phenoxy) is 1. The Balaban J connectivity index is 2.54. The number of hydrogen-bond acceptors (Lipinski definition) is 2. The van der Waals surface area contributed by atoms with Gasteiger partial charge in [-0.1, -0.05) is 44.4 Å². The number of halogens is 1. The first kappa shape index (κ1) is 22.1. The highest BCUT2D eigenvalue weighted by Gasteiger charge is 2.18. The third-order valence-corrected chi connectivity index (χ3v) is 5.43. The monoisotopic (exact) mass is 351 g/mol. The van der Waals surface area contributed by atoms with Crippen molar-refractivity contribution in [3.05, 3.63) is 35.7 Å². The van der Waals surface area contributed by atoms with Crippen molar-refractivity contribution >= 4 is 0 Å². The minimum Gasteiger partial charge on any atom is -0.382 e. The highest BCUT2D eigenvalue weighted by molar-refractivity contribution is 5.23. The molecule has 2 nitrogen and oxygen atoms in total. The van der Waals surface area contributed by atoms with Crippen molar-refractivity contribution in [2.75, 3.05) is 20.7 Å². The molecular formula is C22H38FNO. The van der Waals surface area contributed by atoms with Crippen molar-refractivity contribution < 1.29 is 9.13 Å². The fourth-order valence-corrected chi connectivity index (χ4v) is 3.40. The molecule has 0 amide bonds. The van der Waals surface area contributed by atoms with Gasteiger partial charge in [-0.3, -0.25) is 4.90 Å². The molecule has 3 atom stereocenters. The third-order valence-electron chi connectivity index (χ3n) is 5.43. The van der Waals surface area contributed by atoms with Crippen molar-refractivity contribution in [3.63, 3.8) is 0 Å². The van der Waals surface area contributed by atoms with E-state index in [1.54, 1.807) is 19.3 Å². The van der Waals surface area contributed by atoms with Crippen LogP contribution in [0.1, 0.15) is 65.7 Å². The van der Waals surface area contributed by atoms with Crippen molar-refractivity contribution in [2.45, 2.75) is 77.9 Å². The van der Waals surface area contributed by atoms with Crippen LogP contribution in [0.25, 0.3) is 0 Å². The molecule has 0 saturated carbocycles. The fraction of sp³-hybridized carbons (Fsp3) is 0.727. The number of rotatable bonds is 11. The summed E-state index contributed by atoms with van der Waals surface area (Å²) in [4.78, 5) is 2.43. The lowest BCUT2D eigenvalue weighted by Crippen LogP contribution is -2.33. The molecule has 0 aromatic rings. The van der Waals surface area contributed by atoms with Gasteiger partial charge in [-0.05, 0) is 70.7 Å². The maximum Gasteiger partial charge on any atom is 0.119 e. The summed E-state index contributed by atoms with van der Waals surface area (Å²) in [5.41, 5.74) is 1.44. The number of methoxy groups -OCH3 is 1. The molecule has 1 aliphatic rings. The van der Waals surface area contributed by atoms with E-state index in [9.17, 15) is 4.39 Å². The summed E-state index contributed by atoms with van der Waals surface area (Å²) in [7, 11) is 3.99. The van der Waals surface area contributed by atoms with E-state index in [1.165, 1.54) is 31.3 Å². The van der Waals surface area contributed by atoms with Gasteiger partial charge >= 0.3 is 0 Å². The summed E-state index contributed by atoms with van der Waals surface area (Å²) in [6.45, 7) is 7.74. The van der Waals surface area contributed by atoms with Gasteiger partial charge in [0.05, 0.1) is 6.10 Å². The molecular weight excluding hydrogens is 313 g/mol. The number of nitrogens with zero attached hydrogens (tertiary/aromatic N) is 1. The van der Waals surface area contributed by atoms with Crippen LogP contribution in [0.4, 0.5) is 4.39 Å². The van der Waals surface area contributed by atoms with E-state index >= 15 is 0 Å². The summed E-state index contributed by atoms with van der Waals surface area (Å²) >= 11 is 0. The lowest BCUT2D eigenvalue weighted by molar-refractivity contribution is 0.104. The molecule has 2 unspecified atom stereocenters. The van der Waals surface area contributed by atoms with Gasteiger partial charge in [0, 0.05) is 13.2 Å². The summed E-state index contributed by atoms with van der Waals surface area (Å²) in [6.07, 6.45) is 15.4. The first-order valence-corrected chi connectivity index (χ1v) is 9.92. The van der Waals surface area contributed by atoms with Crippen LogP contribution in [0.15, 0.2) is 35.7 Å². The third kappa shape index (κ3) is 8.82. The number of allylic oxidation sites excluding steroid dienone is 5. The SMILES string of the molecule is CCN(C)C(CCC[C@H](C)CCC(C)OC)C1=CC/C=C(F)\C=C/C1. The highest BCUT2D eigenvalue weighted by atomic mass is 19.1. The van der Waals surface area contributed by atoms with Gasteiger partial charge in [-0.15, -0.1) is 0 Å². The molecule has 0 spiro atoms. The van der Waals surface area contributed by atoms with Gasteiger partial charge in [0.25, 0.3) is 0 Å². The van der Waals surface area contributed by atoms with Gasteiger partial charge in [0.1, 0.15) is 5.83 Å². The van der Waals surface area contributed by atoms with E-state index in [1.807, 2.05) is 6.08 Å². The molecule has 25 heavy (non-hydrogen) atoms. The van der Waals surface area contributed by atoms with Gasteiger partial charge in [-0.25, -0.2) is 4.39 Å². The van der Waals surface area contributed by atoms with E-state index in [0.29, 0.717) is 18.6 Å². The Kier molecular flexibility index (Phi) is 11.0. The maximum absolute atomic E-state index is 13.3. The molecule has 0 bridgehead atoms. The highest BCUT2D eigenvalue weighted by Crippen LogP contribution is 2.24. The Morgan fingerprint density at radius 2 is 1.92 bits per heavy atom. The normalized spacial score (nSPS) is 22.4. The summed E-state index contributed by atoms with van der Waals surface area (Å²) in [6, 6.07) is 0.467. The molecule has 144 valence electrons. The van der Waals surface area contributed by atoms with Crippen molar-refractivity contribution in [1.29, 1.82) is 0 Å². The predicted octanol–water partition coefficient (Wildman–Crippen LogP) is 6.06. The molecule has 1 aliphatic carbocycles. The number of hydrogen-bond donors (Lipinski definition) is 0. The second kappa shape index (κ2) is 12.4.